The van der Waals surface area contributed by atoms with Crippen LogP contribution in [0.15, 0.2) is 18.2 Å². The largest absolute Gasteiger partial charge is 0.490 e. The number of thiazole rings is 1. The molecule has 1 heterocycles. The molecule has 0 aliphatic carbocycles. The Morgan fingerprint density at radius 3 is 2.45 bits per heavy atom. The molecular formula is C15H19NO2S2. The van der Waals surface area contributed by atoms with Gasteiger partial charge in [0.25, 0.3) is 0 Å². The highest BCUT2D eigenvalue weighted by Gasteiger charge is 2.11. The minimum Gasteiger partial charge on any atom is -0.490 e. The fourth-order valence-electron chi connectivity index (χ4n) is 2.05. The van der Waals surface area contributed by atoms with Crippen molar-refractivity contribution < 1.29 is 9.47 Å². The number of hydrogen-bond donors (Lipinski definition) is 1. The lowest BCUT2D eigenvalue weighted by molar-refractivity contribution is 0.288. The van der Waals surface area contributed by atoms with E-state index in [1.165, 1.54) is 4.88 Å². The Morgan fingerprint density at radius 2 is 1.80 bits per heavy atom. The highest BCUT2D eigenvalue weighted by Crippen LogP contribution is 2.35. The van der Waals surface area contributed by atoms with E-state index in [0.717, 1.165) is 33.1 Å². The van der Waals surface area contributed by atoms with Gasteiger partial charge in [0.1, 0.15) is 0 Å². The van der Waals surface area contributed by atoms with Crippen LogP contribution < -0.4 is 9.47 Å². The van der Waals surface area contributed by atoms with Crippen LogP contribution in [0.4, 0.5) is 0 Å². The monoisotopic (exact) mass is 309 g/mol. The van der Waals surface area contributed by atoms with Crippen molar-refractivity contribution in [1.82, 2.24) is 4.98 Å². The molecule has 0 unspecified atom stereocenters. The minimum atomic E-state index is 0.615. The minimum absolute atomic E-state index is 0.615. The van der Waals surface area contributed by atoms with Crippen LogP contribution in [0.25, 0.3) is 11.3 Å². The number of benzene rings is 1. The molecule has 0 radical (unpaired) electrons. The first kappa shape index (κ1) is 15.1. The van der Waals surface area contributed by atoms with E-state index in [2.05, 4.69) is 11.9 Å². The van der Waals surface area contributed by atoms with Gasteiger partial charge in [0.05, 0.1) is 18.9 Å². The number of aromatic amines is 1. The van der Waals surface area contributed by atoms with Gasteiger partial charge in [-0.2, -0.15) is 0 Å². The van der Waals surface area contributed by atoms with Gasteiger partial charge in [-0.25, -0.2) is 0 Å². The Balaban J connectivity index is 2.46. The fourth-order valence-corrected chi connectivity index (χ4v) is 3.24. The van der Waals surface area contributed by atoms with E-state index in [1.807, 2.05) is 32.0 Å². The summed E-state index contributed by atoms with van der Waals surface area (Å²) < 4.78 is 12.1. The maximum Gasteiger partial charge on any atom is 0.161 e. The summed E-state index contributed by atoms with van der Waals surface area (Å²) in [7, 11) is 0. The number of rotatable bonds is 6. The van der Waals surface area contributed by atoms with E-state index >= 15 is 0 Å². The normalized spacial score (nSPS) is 10.6. The van der Waals surface area contributed by atoms with E-state index < -0.39 is 0 Å². The fraction of sp³-hybridized carbons (Fsp3) is 0.400. The van der Waals surface area contributed by atoms with Crippen LogP contribution in [0.3, 0.4) is 0 Å². The molecule has 0 amide bonds. The predicted octanol–water partition coefficient (Wildman–Crippen LogP) is 4.83. The van der Waals surface area contributed by atoms with Crippen molar-refractivity contribution in [3.05, 3.63) is 27.0 Å². The molecule has 0 atom stereocenters. The van der Waals surface area contributed by atoms with E-state index in [1.54, 1.807) is 11.3 Å². The summed E-state index contributed by atoms with van der Waals surface area (Å²) in [6.45, 7) is 7.31. The van der Waals surface area contributed by atoms with Crippen molar-refractivity contribution in [2.75, 3.05) is 13.2 Å². The van der Waals surface area contributed by atoms with Gasteiger partial charge in [-0.05, 0) is 50.7 Å². The van der Waals surface area contributed by atoms with Crippen molar-refractivity contribution in [1.29, 1.82) is 0 Å². The number of nitrogens with one attached hydrogen (secondary N) is 1. The molecule has 1 aromatic carbocycles. The molecule has 20 heavy (non-hydrogen) atoms. The lowest BCUT2D eigenvalue weighted by atomic mass is 10.1. The average molecular weight is 309 g/mol. The van der Waals surface area contributed by atoms with Crippen molar-refractivity contribution in [2.24, 2.45) is 0 Å². The second-order valence-electron chi connectivity index (χ2n) is 4.19. The third-order valence-electron chi connectivity index (χ3n) is 2.87. The van der Waals surface area contributed by atoms with Crippen LogP contribution in [0.2, 0.25) is 0 Å². The lowest BCUT2D eigenvalue weighted by Crippen LogP contribution is -1.98. The van der Waals surface area contributed by atoms with Crippen LogP contribution in [0, 0.1) is 3.95 Å². The molecule has 0 aliphatic heterocycles. The summed E-state index contributed by atoms with van der Waals surface area (Å²) in [5, 5.41) is 0. The summed E-state index contributed by atoms with van der Waals surface area (Å²) in [4.78, 5) is 4.53. The predicted molar refractivity (Wildman–Crippen MR) is 86.7 cm³/mol. The molecule has 0 spiro atoms. The standard InChI is InChI=1S/C15H19NO2S2/c1-4-13-14(16-15(19)20-13)10-7-8-11(17-5-2)12(9-10)18-6-3/h7-9H,4-6H2,1-3H3,(H,16,19). The first-order valence-corrected chi connectivity index (χ1v) is 8.04. The van der Waals surface area contributed by atoms with Crippen molar-refractivity contribution >= 4 is 23.6 Å². The molecule has 0 saturated carbocycles. The Kier molecular flexibility index (Phi) is 5.20. The lowest BCUT2D eigenvalue weighted by Gasteiger charge is -2.12. The number of hydrogen-bond acceptors (Lipinski definition) is 4. The second-order valence-corrected chi connectivity index (χ2v) is 5.97. The molecule has 3 nitrogen and oxygen atoms in total. The Labute approximate surface area is 128 Å². The van der Waals surface area contributed by atoms with Crippen LogP contribution in [-0.4, -0.2) is 18.2 Å². The molecule has 0 bridgehead atoms. The Hall–Kier alpha value is -1.33. The molecule has 1 aromatic heterocycles. The zero-order chi connectivity index (χ0) is 14.5. The Morgan fingerprint density at radius 1 is 1.10 bits per heavy atom. The molecule has 5 heteroatoms. The summed E-state index contributed by atoms with van der Waals surface area (Å²) >= 11 is 6.88. The van der Waals surface area contributed by atoms with Crippen molar-refractivity contribution in [2.45, 2.75) is 27.2 Å². The highest BCUT2D eigenvalue weighted by molar-refractivity contribution is 7.73. The van der Waals surface area contributed by atoms with Gasteiger partial charge in [0, 0.05) is 10.4 Å². The molecule has 108 valence electrons. The second kappa shape index (κ2) is 6.90. The van der Waals surface area contributed by atoms with Gasteiger partial charge in [-0.3, -0.25) is 0 Å². The summed E-state index contributed by atoms with van der Waals surface area (Å²) in [5.41, 5.74) is 2.17. The van der Waals surface area contributed by atoms with Crippen LogP contribution in [-0.2, 0) is 6.42 Å². The number of aryl methyl sites for hydroxylation is 1. The Bertz CT molecular complexity index is 631. The van der Waals surface area contributed by atoms with E-state index in [0.29, 0.717) is 13.2 Å². The molecule has 2 rings (SSSR count). The smallest absolute Gasteiger partial charge is 0.161 e. The van der Waals surface area contributed by atoms with Gasteiger partial charge in [0.15, 0.2) is 15.5 Å². The highest BCUT2D eigenvalue weighted by atomic mass is 32.1. The summed E-state index contributed by atoms with van der Waals surface area (Å²) in [5.74, 6) is 1.56. The maximum absolute atomic E-state index is 5.67. The third-order valence-corrected chi connectivity index (χ3v) is 4.25. The van der Waals surface area contributed by atoms with Gasteiger partial charge in [-0.1, -0.05) is 6.92 Å². The van der Waals surface area contributed by atoms with Gasteiger partial charge in [-0.15, -0.1) is 11.3 Å². The quantitative estimate of drug-likeness (QED) is 0.776. The zero-order valence-corrected chi connectivity index (χ0v) is 13.6. The van der Waals surface area contributed by atoms with Crippen molar-refractivity contribution in [3.8, 4) is 22.8 Å². The van der Waals surface area contributed by atoms with Crippen LogP contribution >= 0.6 is 23.6 Å². The molecule has 0 saturated heterocycles. The first-order chi connectivity index (χ1) is 9.69. The maximum atomic E-state index is 5.67. The summed E-state index contributed by atoms with van der Waals surface area (Å²) in [6, 6.07) is 6.01. The van der Waals surface area contributed by atoms with E-state index in [9.17, 15) is 0 Å². The van der Waals surface area contributed by atoms with Gasteiger partial charge >= 0.3 is 0 Å². The molecule has 2 aromatic rings. The first-order valence-electron chi connectivity index (χ1n) is 6.81. The topological polar surface area (TPSA) is 34.2 Å². The molecular weight excluding hydrogens is 290 g/mol. The molecule has 0 aliphatic rings. The van der Waals surface area contributed by atoms with Crippen molar-refractivity contribution in [3.63, 3.8) is 0 Å². The van der Waals surface area contributed by atoms with Crippen LogP contribution in [0.5, 0.6) is 11.5 Å². The van der Waals surface area contributed by atoms with Gasteiger partial charge < -0.3 is 14.5 Å². The SMILES string of the molecule is CCOc1ccc(-c2[nH]c(=S)sc2CC)cc1OCC. The average Bonchev–Trinajstić information content (AvgIpc) is 2.82. The number of H-pyrrole nitrogens is 1. The summed E-state index contributed by atoms with van der Waals surface area (Å²) in [6.07, 6.45) is 0.963. The number of aromatic nitrogens is 1. The van der Waals surface area contributed by atoms with Crippen LogP contribution in [0.1, 0.15) is 25.6 Å². The zero-order valence-electron chi connectivity index (χ0n) is 12.0. The van der Waals surface area contributed by atoms with E-state index in [-0.39, 0.29) is 0 Å². The van der Waals surface area contributed by atoms with E-state index in [4.69, 9.17) is 21.7 Å². The molecule has 0 fully saturated rings. The molecule has 1 N–H and O–H groups in total. The number of ether oxygens (including phenoxy) is 2. The third kappa shape index (κ3) is 3.22. The van der Waals surface area contributed by atoms with Gasteiger partial charge in [0.2, 0.25) is 0 Å².